The number of hydrogen-bond acceptors (Lipinski definition) is 7. The van der Waals surface area contributed by atoms with Crippen molar-refractivity contribution in [1.29, 1.82) is 0 Å². The van der Waals surface area contributed by atoms with Crippen molar-refractivity contribution in [2.75, 3.05) is 19.6 Å². The second-order valence-electron chi connectivity index (χ2n) is 7.88. The molecule has 9 nitrogen and oxygen atoms in total. The Hall–Kier alpha value is -3.08. The van der Waals surface area contributed by atoms with Gasteiger partial charge in [0.25, 0.3) is 16.8 Å². The molecule has 2 aromatic carbocycles. The first-order valence-corrected chi connectivity index (χ1v) is 12.2. The number of rotatable bonds is 7. The quantitative estimate of drug-likeness (QED) is 0.274. The van der Waals surface area contributed by atoms with E-state index in [1.165, 1.54) is 18.2 Å². The molecular weight excluding hydrogens is 517 g/mol. The number of likely N-dealkylation sites (tertiary alicyclic amines) is 1. The number of nitro benzene ring substituents is 1. The lowest BCUT2D eigenvalue weighted by atomic mass is 10.2. The molecule has 2 aliphatic rings. The van der Waals surface area contributed by atoms with Gasteiger partial charge in [-0.1, -0.05) is 23.2 Å². The van der Waals surface area contributed by atoms with Crippen LogP contribution in [-0.4, -0.2) is 51.4 Å². The van der Waals surface area contributed by atoms with Crippen molar-refractivity contribution in [1.82, 2.24) is 9.80 Å². The maximum absolute atomic E-state index is 12.7. The Morgan fingerprint density at radius 1 is 1.11 bits per heavy atom. The van der Waals surface area contributed by atoms with Crippen LogP contribution in [-0.2, 0) is 16.2 Å². The number of benzene rings is 2. The van der Waals surface area contributed by atoms with Crippen LogP contribution < -0.4 is 4.74 Å². The van der Waals surface area contributed by atoms with Gasteiger partial charge in [-0.25, -0.2) is 0 Å². The van der Waals surface area contributed by atoms with Gasteiger partial charge in [0.1, 0.15) is 13.2 Å². The molecular formula is C23H19Cl2N3O6S. The third kappa shape index (κ3) is 5.77. The summed E-state index contributed by atoms with van der Waals surface area (Å²) in [6.45, 7) is 1.08. The van der Waals surface area contributed by atoms with E-state index in [0.717, 1.165) is 29.5 Å². The van der Waals surface area contributed by atoms with E-state index in [1.54, 1.807) is 29.2 Å². The maximum atomic E-state index is 12.7. The minimum atomic E-state index is -0.543. The normalized spacial score (nSPS) is 16.9. The van der Waals surface area contributed by atoms with E-state index in [-0.39, 0.29) is 45.4 Å². The molecule has 0 N–H and O–H groups in total. The van der Waals surface area contributed by atoms with Crippen LogP contribution in [0, 0.1) is 10.1 Å². The van der Waals surface area contributed by atoms with E-state index in [9.17, 15) is 24.5 Å². The molecule has 35 heavy (non-hydrogen) atoms. The number of amides is 3. The highest BCUT2D eigenvalue weighted by molar-refractivity contribution is 8.18. The molecule has 2 heterocycles. The largest absolute Gasteiger partial charge is 0.486 e. The molecule has 0 spiro atoms. The van der Waals surface area contributed by atoms with Crippen molar-refractivity contribution in [3.63, 3.8) is 0 Å². The average molecular weight is 536 g/mol. The zero-order chi connectivity index (χ0) is 25.1. The molecule has 2 fully saturated rings. The van der Waals surface area contributed by atoms with Gasteiger partial charge in [0, 0.05) is 25.2 Å². The summed E-state index contributed by atoms with van der Waals surface area (Å²) < 4.78 is 5.70. The van der Waals surface area contributed by atoms with Crippen molar-refractivity contribution in [3.8, 4) is 5.75 Å². The second-order valence-corrected chi connectivity index (χ2v) is 9.69. The van der Waals surface area contributed by atoms with E-state index in [4.69, 9.17) is 27.9 Å². The molecule has 2 aromatic rings. The molecule has 0 radical (unpaired) electrons. The predicted octanol–water partition coefficient (Wildman–Crippen LogP) is 5.14. The van der Waals surface area contributed by atoms with Gasteiger partial charge in [-0.15, -0.1) is 0 Å². The number of hydrogen-bond donors (Lipinski definition) is 0. The smallest absolute Gasteiger partial charge is 0.294 e. The highest BCUT2D eigenvalue weighted by Gasteiger charge is 2.37. The summed E-state index contributed by atoms with van der Waals surface area (Å²) in [5.41, 5.74) is 1.14. The zero-order valence-electron chi connectivity index (χ0n) is 18.2. The molecule has 2 aliphatic heterocycles. The molecule has 0 aromatic heterocycles. The zero-order valence-corrected chi connectivity index (χ0v) is 20.6. The van der Waals surface area contributed by atoms with Crippen LogP contribution in [0.4, 0.5) is 10.5 Å². The minimum Gasteiger partial charge on any atom is -0.486 e. The average Bonchev–Trinajstić information content (AvgIpc) is 3.44. The van der Waals surface area contributed by atoms with Gasteiger partial charge in [0.05, 0.1) is 19.9 Å². The third-order valence-corrected chi connectivity index (χ3v) is 6.94. The first-order valence-electron chi connectivity index (χ1n) is 10.6. The van der Waals surface area contributed by atoms with Crippen LogP contribution in [0.3, 0.4) is 0 Å². The van der Waals surface area contributed by atoms with Crippen LogP contribution in [0.25, 0.3) is 6.08 Å². The Morgan fingerprint density at radius 3 is 2.34 bits per heavy atom. The Balaban J connectivity index is 1.44. The van der Waals surface area contributed by atoms with Gasteiger partial charge >= 0.3 is 0 Å². The lowest BCUT2D eigenvalue weighted by Gasteiger charge is -2.18. The summed E-state index contributed by atoms with van der Waals surface area (Å²) >= 11 is 13.4. The van der Waals surface area contributed by atoms with E-state index >= 15 is 0 Å². The van der Waals surface area contributed by atoms with Crippen molar-refractivity contribution < 1.29 is 24.0 Å². The number of carbonyl (C=O) groups is 3. The topological polar surface area (TPSA) is 110 Å². The first-order chi connectivity index (χ1) is 16.7. The van der Waals surface area contributed by atoms with Crippen LogP contribution in [0.1, 0.15) is 24.0 Å². The van der Waals surface area contributed by atoms with Crippen LogP contribution in [0.15, 0.2) is 41.3 Å². The molecule has 4 rings (SSSR count). The van der Waals surface area contributed by atoms with Crippen LogP contribution in [0.5, 0.6) is 5.75 Å². The number of carbonyl (C=O) groups excluding carboxylic acids is 3. The standard InChI is InChI=1S/C23H19Cl2N3O6S/c24-17-9-15(10-18(25)21(17)34-13-14-3-5-16(6-4-14)28(32)33)11-19-22(30)27(23(31)35-19)12-20(29)26-7-1-2-8-26/h3-6,9-11H,1-2,7-8,12-13H2/b19-11+. The van der Waals surface area contributed by atoms with Crippen molar-refractivity contribution in [2.45, 2.75) is 19.4 Å². The maximum Gasteiger partial charge on any atom is 0.294 e. The van der Waals surface area contributed by atoms with Crippen molar-refractivity contribution in [3.05, 3.63) is 72.6 Å². The fraction of sp³-hybridized carbons (Fsp3) is 0.261. The fourth-order valence-corrected chi connectivity index (χ4v) is 5.11. The number of non-ortho nitro benzene ring substituents is 1. The lowest BCUT2D eigenvalue weighted by molar-refractivity contribution is -0.384. The lowest BCUT2D eigenvalue weighted by Crippen LogP contribution is -2.40. The van der Waals surface area contributed by atoms with Gasteiger partial charge in [0.2, 0.25) is 5.91 Å². The number of nitro groups is 1. The van der Waals surface area contributed by atoms with Gasteiger partial charge in [-0.05, 0) is 66.1 Å². The minimum absolute atomic E-state index is 0.0287. The number of ether oxygens (including phenoxy) is 1. The van der Waals surface area contributed by atoms with E-state index in [0.29, 0.717) is 24.2 Å². The number of nitrogens with zero attached hydrogens (tertiary/aromatic N) is 3. The second kappa shape index (κ2) is 10.7. The first kappa shape index (κ1) is 25.0. The number of thioether (sulfide) groups is 1. The van der Waals surface area contributed by atoms with Gasteiger partial charge in [-0.3, -0.25) is 29.4 Å². The van der Waals surface area contributed by atoms with Gasteiger partial charge < -0.3 is 9.64 Å². The Kier molecular flexibility index (Phi) is 7.63. The third-order valence-electron chi connectivity index (χ3n) is 5.47. The summed E-state index contributed by atoms with van der Waals surface area (Å²) in [6.07, 6.45) is 3.33. The summed E-state index contributed by atoms with van der Waals surface area (Å²) in [7, 11) is 0. The van der Waals surface area contributed by atoms with Crippen molar-refractivity contribution >= 4 is 63.8 Å². The number of halogens is 2. The van der Waals surface area contributed by atoms with E-state index in [2.05, 4.69) is 0 Å². The van der Waals surface area contributed by atoms with E-state index < -0.39 is 16.1 Å². The van der Waals surface area contributed by atoms with Crippen LogP contribution in [0.2, 0.25) is 10.0 Å². The molecule has 0 aliphatic carbocycles. The summed E-state index contributed by atoms with van der Waals surface area (Å²) in [5, 5.41) is 10.6. The molecule has 0 atom stereocenters. The SMILES string of the molecule is O=C(CN1C(=O)S/C(=C/c2cc(Cl)c(OCc3ccc([N+](=O)[O-])cc3)c(Cl)c2)C1=O)N1CCCC1. The predicted molar refractivity (Wildman–Crippen MR) is 132 cm³/mol. The van der Waals surface area contributed by atoms with Gasteiger partial charge in [0.15, 0.2) is 5.75 Å². The molecule has 182 valence electrons. The molecule has 0 unspecified atom stereocenters. The molecule has 12 heteroatoms. The molecule has 3 amide bonds. The van der Waals surface area contributed by atoms with Crippen molar-refractivity contribution in [2.24, 2.45) is 0 Å². The van der Waals surface area contributed by atoms with E-state index in [1.807, 2.05) is 0 Å². The Labute approximate surface area is 214 Å². The Bertz CT molecular complexity index is 1210. The summed E-state index contributed by atoms with van der Waals surface area (Å²) in [5.74, 6) is -0.571. The van der Waals surface area contributed by atoms with Crippen LogP contribution >= 0.6 is 35.0 Å². The molecule has 0 bridgehead atoms. The molecule has 0 saturated carbocycles. The monoisotopic (exact) mass is 535 g/mol. The summed E-state index contributed by atoms with van der Waals surface area (Å²) in [4.78, 5) is 50.5. The fourth-order valence-electron chi connectivity index (χ4n) is 3.66. The highest BCUT2D eigenvalue weighted by atomic mass is 35.5. The highest BCUT2D eigenvalue weighted by Crippen LogP contribution is 2.38. The van der Waals surface area contributed by atoms with Gasteiger partial charge in [-0.2, -0.15) is 0 Å². The molecule has 2 saturated heterocycles. The summed E-state index contributed by atoms with van der Waals surface area (Å²) in [6, 6.07) is 8.97. The number of imide groups is 1. The Morgan fingerprint density at radius 2 is 1.74 bits per heavy atom.